The average Bonchev–Trinajstić information content (AvgIpc) is 2.78. The second kappa shape index (κ2) is 10.9. The van der Waals surface area contributed by atoms with Crippen molar-refractivity contribution in [2.45, 2.75) is 41.5 Å². The van der Waals surface area contributed by atoms with Gasteiger partial charge >= 0.3 is 51.4 Å². The fraction of sp³-hybridized carbons (Fsp3) is 0.194. The zero-order chi connectivity index (χ0) is 24.0. The van der Waals surface area contributed by atoms with E-state index in [4.69, 9.17) is 4.98 Å². The summed E-state index contributed by atoms with van der Waals surface area (Å²) in [5.41, 5.74) is 10.6. The normalized spacial score (nSPS) is 11.7. The van der Waals surface area contributed by atoms with Gasteiger partial charge in [0.15, 0.2) is 0 Å². The third-order valence-electron chi connectivity index (χ3n) is 6.69. The van der Waals surface area contributed by atoms with Crippen molar-refractivity contribution < 1.29 is 51.4 Å². The first-order valence-electron chi connectivity index (χ1n) is 11.9. The van der Waals surface area contributed by atoms with E-state index in [1.165, 1.54) is 54.5 Å². The van der Waals surface area contributed by atoms with Crippen LogP contribution in [0.15, 0.2) is 72.8 Å². The van der Waals surface area contributed by atoms with Crippen LogP contribution in [0, 0.1) is 41.5 Å². The van der Waals surface area contributed by atoms with E-state index >= 15 is 0 Å². The van der Waals surface area contributed by atoms with E-state index in [2.05, 4.69) is 114 Å². The first kappa shape index (κ1) is 26.7. The summed E-state index contributed by atoms with van der Waals surface area (Å²) in [4.78, 5) is 5.05. The predicted octanol–water partition coefficient (Wildman–Crippen LogP) is 2.38. The summed E-state index contributed by atoms with van der Waals surface area (Å²) in [5, 5.41) is 7.23. The van der Waals surface area contributed by atoms with Gasteiger partial charge < -0.3 is 8.61 Å². The minimum absolute atomic E-state index is 0. The number of para-hydroxylation sites is 2. The molecule has 0 spiro atoms. The van der Waals surface area contributed by atoms with Crippen LogP contribution in [-0.2, 0) is 0 Å². The van der Waals surface area contributed by atoms with Crippen molar-refractivity contribution in [2.75, 3.05) is 0 Å². The Labute approximate surface area is 255 Å². The van der Waals surface area contributed by atoms with Gasteiger partial charge in [-0.05, 0) is 53.7 Å². The Bertz CT molecular complexity index is 1520. The molecule has 0 N–H and O–H groups in total. The molecule has 0 saturated heterocycles. The van der Waals surface area contributed by atoms with Gasteiger partial charge in [-0.1, -0.05) is 104 Å². The first-order chi connectivity index (χ1) is 16.3. The van der Waals surface area contributed by atoms with Crippen molar-refractivity contribution in [1.82, 2.24) is 4.98 Å². The molecular weight excluding hydrogens is 482 g/mol. The van der Waals surface area contributed by atoms with E-state index in [-0.39, 0.29) is 51.4 Å². The van der Waals surface area contributed by atoms with Gasteiger partial charge in [0.1, 0.15) is 0 Å². The summed E-state index contributed by atoms with van der Waals surface area (Å²) in [5.74, 6) is 0. The Hall–Kier alpha value is -1.38. The van der Waals surface area contributed by atoms with Gasteiger partial charge in [0.25, 0.3) is 0 Å². The van der Waals surface area contributed by atoms with Crippen LogP contribution in [0.25, 0.3) is 21.8 Å². The van der Waals surface area contributed by atoms with Gasteiger partial charge in [-0.15, -0.1) is 7.89 Å². The molecule has 0 bridgehead atoms. The maximum absolute atomic E-state index is 5.05. The fourth-order valence-electron chi connectivity index (χ4n) is 5.44. The van der Waals surface area contributed by atoms with E-state index in [1.807, 2.05) is 0 Å². The molecule has 5 aromatic rings. The van der Waals surface area contributed by atoms with E-state index in [0.29, 0.717) is 0 Å². The van der Waals surface area contributed by atoms with Crippen LogP contribution in [0.3, 0.4) is 0 Å². The molecule has 4 aromatic carbocycles. The second-order valence-electron chi connectivity index (χ2n) is 9.57. The number of nitrogens with zero attached hydrogens (tertiary/aromatic N) is 1. The maximum Gasteiger partial charge on any atom is 1.00 e. The van der Waals surface area contributed by atoms with Crippen LogP contribution in [0.1, 0.15) is 33.4 Å². The van der Waals surface area contributed by atoms with E-state index < -0.39 is 7.89 Å². The number of benzene rings is 4. The van der Waals surface area contributed by atoms with Gasteiger partial charge in [0.05, 0.1) is 11.0 Å². The number of rotatable bonds is 3. The minimum atomic E-state index is -1.15. The number of hydrogen-bond acceptors (Lipinski definition) is 1. The molecule has 0 amide bonds. The minimum Gasteiger partial charge on any atom is -0.408 e. The van der Waals surface area contributed by atoms with Crippen LogP contribution < -0.4 is 66.9 Å². The molecule has 35 heavy (non-hydrogen) atoms. The summed E-state index contributed by atoms with van der Waals surface area (Å²) in [7, 11) is -0.413. The summed E-state index contributed by atoms with van der Waals surface area (Å²) < 4.78 is 0. The molecule has 168 valence electrons. The van der Waals surface area contributed by atoms with Crippen LogP contribution in [0.4, 0.5) is 0 Å². The first-order valence-corrected chi connectivity index (χ1v) is 15.4. The molecule has 0 aliphatic rings. The van der Waals surface area contributed by atoms with Gasteiger partial charge in [-0.2, -0.15) is 0 Å². The molecule has 0 atom stereocenters. The third-order valence-corrected chi connectivity index (χ3v) is 13.3. The topological polar surface area (TPSA) is 12.9 Å². The van der Waals surface area contributed by atoms with Gasteiger partial charge in [0, 0.05) is 10.8 Å². The monoisotopic (exact) mass is 511 g/mol. The van der Waals surface area contributed by atoms with Crippen molar-refractivity contribution in [2.24, 2.45) is 0 Å². The van der Waals surface area contributed by atoms with E-state index in [9.17, 15) is 0 Å². The number of pyridine rings is 1. The van der Waals surface area contributed by atoms with Crippen molar-refractivity contribution in [3.63, 3.8) is 0 Å². The van der Waals surface area contributed by atoms with Crippen LogP contribution in [-0.4, -0.2) is 21.5 Å². The molecule has 1 heterocycles. The summed E-state index contributed by atoms with van der Waals surface area (Å²) in [6, 6.07) is 26.9. The summed E-state index contributed by atoms with van der Waals surface area (Å²) in [6.07, 6.45) is 0. The number of hydrogen-bond donors (Lipinski definition) is 0. The standard InChI is InChI=1S/C31H30NSi2.K/c1-19-15-21(3)29(22(4)16-19)33-34(30-23(5)17-20(2)18-24(30)6)31-25-11-7-9-13-27(25)32-28-14-10-8-12-26(28)31;/h7-18H,1-6H3;/q-1;+1. The van der Waals surface area contributed by atoms with Crippen molar-refractivity contribution in [1.29, 1.82) is 0 Å². The Kier molecular flexibility index (Phi) is 8.33. The second-order valence-corrected chi connectivity index (χ2v) is 14.3. The molecule has 0 unspecified atom stereocenters. The molecule has 1 nitrogen and oxygen atoms in total. The number of aryl methyl sites for hydroxylation is 6. The number of aromatic nitrogens is 1. The maximum atomic E-state index is 5.05. The fourth-order valence-corrected chi connectivity index (χ4v) is 13.3. The zero-order valence-electron chi connectivity index (χ0n) is 21.9. The van der Waals surface area contributed by atoms with Gasteiger partial charge in [-0.25, -0.2) is 10.2 Å². The smallest absolute Gasteiger partial charge is 0.408 e. The Morgan fingerprint density at radius 3 is 1.49 bits per heavy atom. The molecule has 5 rings (SSSR count). The summed E-state index contributed by atoms with van der Waals surface area (Å²) in [6.45, 7) is 13.6. The van der Waals surface area contributed by atoms with E-state index in [1.54, 1.807) is 5.19 Å². The molecule has 0 aliphatic carbocycles. The Balaban J connectivity index is 0.00000289. The van der Waals surface area contributed by atoms with Gasteiger partial charge in [-0.3, -0.25) is 0 Å². The SMILES string of the molecule is Cc1cc(C)c([Si-]=[Si](c2c(C)cc(C)cc2C)c2c3ccccc3nc3ccccc23)c(C)c1.[K+]. The molecule has 0 saturated carbocycles. The molecule has 0 radical (unpaired) electrons. The molecule has 1 aromatic heterocycles. The van der Waals surface area contributed by atoms with Crippen LogP contribution in [0.2, 0.25) is 0 Å². The predicted molar refractivity (Wildman–Crippen MR) is 151 cm³/mol. The molecule has 0 fully saturated rings. The van der Waals surface area contributed by atoms with Crippen LogP contribution in [0.5, 0.6) is 0 Å². The Morgan fingerprint density at radius 2 is 1.00 bits per heavy atom. The van der Waals surface area contributed by atoms with Crippen molar-refractivity contribution >= 4 is 53.9 Å². The quantitative estimate of drug-likeness (QED) is 0.268. The average molecular weight is 512 g/mol. The van der Waals surface area contributed by atoms with Crippen molar-refractivity contribution in [3.05, 3.63) is 106 Å². The number of fused-ring (bicyclic) bond motifs is 2. The third kappa shape index (κ3) is 5.21. The molecule has 4 heteroatoms. The van der Waals surface area contributed by atoms with Crippen molar-refractivity contribution in [3.8, 4) is 0 Å². The van der Waals surface area contributed by atoms with Crippen LogP contribution >= 0.6 is 0 Å². The summed E-state index contributed by atoms with van der Waals surface area (Å²) >= 11 is 0. The Morgan fingerprint density at radius 1 is 0.571 bits per heavy atom. The molecular formula is C31H30KNSi2. The van der Waals surface area contributed by atoms with E-state index in [0.717, 1.165) is 19.6 Å². The van der Waals surface area contributed by atoms with Gasteiger partial charge in [0.2, 0.25) is 0 Å². The zero-order valence-corrected chi connectivity index (χ0v) is 27.0. The largest absolute Gasteiger partial charge is 1.00 e. The molecule has 0 aliphatic heterocycles.